The molecule has 1 saturated heterocycles. The van der Waals surface area contributed by atoms with Crippen LogP contribution >= 0.6 is 0 Å². The van der Waals surface area contributed by atoms with E-state index in [0.29, 0.717) is 24.2 Å². The van der Waals surface area contributed by atoms with Crippen molar-refractivity contribution in [2.24, 2.45) is 0 Å². The predicted molar refractivity (Wildman–Crippen MR) is 103 cm³/mol. The van der Waals surface area contributed by atoms with Crippen LogP contribution in [0.25, 0.3) is 0 Å². The van der Waals surface area contributed by atoms with Gasteiger partial charge in [-0.15, -0.1) is 0 Å². The van der Waals surface area contributed by atoms with Crippen LogP contribution in [0, 0.1) is 5.82 Å². The number of hydrogen-bond acceptors (Lipinski definition) is 3. The molecule has 0 saturated carbocycles. The molecule has 1 N–H and O–H groups in total. The molecule has 1 fully saturated rings. The molecule has 28 heavy (non-hydrogen) atoms. The van der Waals surface area contributed by atoms with E-state index in [9.17, 15) is 18.8 Å². The number of anilines is 1. The monoisotopic (exact) mass is 383 g/mol. The normalized spacial score (nSPS) is 18.9. The van der Waals surface area contributed by atoms with E-state index in [-0.39, 0.29) is 6.54 Å². The summed E-state index contributed by atoms with van der Waals surface area (Å²) in [5.74, 6) is -1.27. The Labute approximate surface area is 162 Å². The zero-order chi connectivity index (χ0) is 20.3. The predicted octanol–water partition coefficient (Wildman–Crippen LogP) is 3.04. The molecule has 1 atom stereocenters. The number of amides is 4. The van der Waals surface area contributed by atoms with Crippen molar-refractivity contribution in [2.45, 2.75) is 25.8 Å². The molecule has 1 aliphatic heterocycles. The van der Waals surface area contributed by atoms with Gasteiger partial charge in [-0.3, -0.25) is 14.5 Å². The molecule has 2 aromatic carbocycles. The smallest absolute Gasteiger partial charge is 0.319 e. The molecule has 2 aromatic rings. The number of halogens is 1. The lowest BCUT2D eigenvalue weighted by atomic mass is 9.87. The highest BCUT2D eigenvalue weighted by Crippen LogP contribution is 2.32. The molecular formula is C21H22FN3O3. The van der Waals surface area contributed by atoms with E-state index in [1.165, 1.54) is 29.2 Å². The van der Waals surface area contributed by atoms with Gasteiger partial charge in [0.2, 0.25) is 5.91 Å². The van der Waals surface area contributed by atoms with E-state index < -0.39 is 29.2 Å². The standard InChI is InChI=1S/C21H22FN3O3/c1-3-21(15-8-6-5-7-9-15)19(27)25(20(28)23-21)14-18(26)24(4-2)17-12-10-16(22)11-13-17/h5-13H,3-4,14H2,1-2H3,(H,23,28)/t21-/m0/s1. The number of rotatable bonds is 6. The third-order valence-corrected chi connectivity index (χ3v) is 5.02. The Morgan fingerprint density at radius 2 is 1.71 bits per heavy atom. The average molecular weight is 383 g/mol. The maximum Gasteiger partial charge on any atom is 0.325 e. The van der Waals surface area contributed by atoms with Crippen molar-refractivity contribution in [1.82, 2.24) is 10.2 Å². The fourth-order valence-corrected chi connectivity index (χ4v) is 3.48. The first-order valence-electron chi connectivity index (χ1n) is 9.18. The van der Waals surface area contributed by atoms with Crippen molar-refractivity contribution >= 4 is 23.5 Å². The van der Waals surface area contributed by atoms with Crippen LogP contribution < -0.4 is 10.2 Å². The molecule has 7 heteroatoms. The van der Waals surface area contributed by atoms with Crippen LogP contribution in [-0.4, -0.2) is 35.8 Å². The highest BCUT2D eigenvalue weighted by molar-refractivity contribution is 6.10. The van der Waals surface area contributed by atoms with Gasteiger partial charge in [0.1, 0.15) is 17.9 Å². The van der Waals surface area contributed by atoms with Gasteiger partial charge in [0.05, 0.1) is 0 Å². The Morgan fingerprint density at radius 3 is 2.29 bits per heavy atom. The maximum absolute atomic E-state index is 13.2. The van der Waals surface area contributed by atoms with Crippen LogP contribution in [0.2, 0.25) is 0 Å². The number of nitrogens with zero attached hydrogens (tertiary/aromatic N) is 2. The number of nitrogens with one attached hydrogen (secondary N) is 1. The number of imide groups is 1. The summed E-state index contributed by atoms with van der Waals surface area (Å²) in [5, 5.41) is 2.76. The lowest BCUT2D eigenvalue weighted by Gasteiger charge is -2.26. The lowest BCUT2D eigenvalue weighted by Crippen LogP contribution is -2.45. The molecule has 0 unspecified atom stereocenters. The Balaban J connectivity index is 1.83. The Hall–Kier alpha value is -3.22. The minimum atomic E-state index is -1.18. The highest BCUT2D eigenvalue weighted by Gasteiger charge is 2.51. The summed E-state index contributed by atoms with van der Waals surface area (Å²) in [7, 11) is 0. The Bertz CT molecular complexity index is 886. The fourth-order valence-electron chi connectivity index (χ4n) is 3.48. The molecule has 1 aliphatic rings. The van der Waals surface area contributed by atoms with Gasteiger partial charge in [-0.1, -0.05) is 37.3 Å². The number of urea groups is 1. The van der Waals surface area contributed by atoms with Gasteiger partial charge in [-0.05, 0) is 43.2 Å². The zero-order valence-corrected chi connectivity index (χ0v) is 15.8. The van der Waals surface area contributed by atoms with E-state index in [1.54, 1.807) is 31.2 Å². The molecule has 6 nitrogen and oxygen atoms in total. The summed E-state index contributed by atoms with van der Waals surface area (Å²) < 4.78 is 13.2. The Kier molecular flexibility index (Phi) is 5.44. The first-order chi connectivity index (χ1) is 13.4. The van der Waals surface area contributed by atoms with Crippen LogP contribution in [0.1, 0.15) is 25.8 Å². The SMILES string of the molecule is CCN(C(=O)CN1C(=O)N[C@@](CC)(c2ccccc2)C1=O)c1ccc(F)cc1. The molecule has 0 aliphatic carbocycles. The van der Waals surface area contributed by atoms with Gasteiger partial charge < -0.3 is 10.2 Å². The first-order valence-corrected chi connectivity index (χ1v) is 9.18. The van der Waals surface area contributed by atoms with Crippen LogP contribution in [0.5, 0.6) is 0 Å². The van der Waals surface area contributed by atoms with E-state index in [2.05, 4.69) is 5.32 Å². The van der Waals surface area contributed by atoms with E-state index in [0.717, 1.165) is 4.90 Å². The average Bonchev–Trinajstić information content (AvgIpc) is 2.96. The summed E-state index contributed by atoms with van der Waals surface area (Å²) in [6.45, 7) is 3.52. The van der Waals surface area contributed by atoms with Crippen LogP contribution in [0.4, 0.5) is 14.9 Å². The largest absolute Gasteiger partial charge is 0.325 e. The minimum absolute atomic E-state index is 0.325. The molecule has 3 rings (SSSR count). The van der Waals surface area contributed by atoms with Gasteiger partial charge in [0.15, 0.2) is 0 Å². The van der Waals surface area contributed by atoms with Gasteiger partial charge in [-0.25, -0.2) is 9.18 Å². The summed E-state index contributed by atoms with van der Waals surface area (Å²) >= 11 is 0. The van der Waals surface area contributed by atoms with Gasteiger partial charge in [0, 0.05) is 12.2 Å². The molecule has 0 spiro atoms. The molecular weight excluding hydrogens is 361 g/mol. The minimum Gasteiger partial charge on any atom is -0.319 e. The summed E-state index contributed by atoms with van der Waals surface area (Å²) in [6.07, 6.45) is 0.363. The van der Waals surface area contributed by atoms with Gasteiger partial charge in [-0.2, -0.15) is 0 Å². The molecule has 0 bridgehead atoms. The number of likely N-dealkylation sites (N-methyl/N-ethyl adjacent to an activating group) is 1. The summed E-state index contributed by atoms with van der Waals surface area (Å²) in [4.78, 5) is 40.8. The molecule has 146 valence electrons. The van der Waals surface area contributed by atoms with Crippen molar-refractivity contribution in [3.05, 3.63) is 66.0 Å². The zero-order valence-electron chi connectivity index (χ0n) is 15.8. The number of carbonyl (C=O) groups is 3. The van der Waals surface area contributed by atoms with Crippen LogP contribution in [0.15, 0.2) is 54.6 Å². The van der Waals surface area contributed by atoms with Crippen molar-refractivity contribution in [1.29, 1.82) is 0 Å². The summed E-state index contributed by atoms with van der Waals surface area (Å²) in [6, 6.07) is 13.9. The van der Waals surface area contributed by atoms with Crippen LogP contribution in [-0.2, 0) is 15.1 Å². The quantitative estimate of drug-likeness (QED) is 0.780. The second-order valence-electron chi connectivity index (χ2n) is 6.56. The second-order valence-corrected chi connectivity index (χ2v) is 6.56. The number of benzene rings is 2. The van der Waals surface area contributed by atoms with Crippen molar-refractivity contribution in [3.8, 4) is 0 Å². The molecule has 0 aromatic heterocycles. The van der Waals surface area contributed by atoms with Crippen molar-refractivity contribution < 1.29 is 18.8 Å². The van der Waals surface area contributed by atoms with E-state index in [4.69, 9.17) is 0 Å². The number of carbonyl (C=O) groups excluding carboxylic acids is 3. The van der Waals surface area contributed by atoms with E-state index >= 15 is 0 Å². The van der Waals surface area contributed by atoms with Crippen LogP contribution in [0.3, 0.4) is 0 Å². The second kappa shape index (κ2) is 7.80. The lowest BCUT2D eigenvalue weighted by molar-refractivity contribution is -0.134. The van der Waals surface area contributed by atoms with Crippen molar-refractivity contribution in [3.63, 3.8) is 0 Å². The van der Waals surface area contributed by atoms with Crippen molar-refractivity contribution in [2.75, 3.05) is 18.0 Å². The third kappa shape index (κ3) is 3.35. The maximum atomic E-state index is 13.2. The van der Waals surface area contributed by atoms with Gasteiger partial charge >= 0.3 is 6.03 Å². The topological polar surface area (TPSA) is 69.7 Å². The van der Waals surface area contributed by atoms with Gasteiger partial charge in [0.25, 0.3) is 5.91 Å². The first kappa shape index (κ1) is 19.5. The third-order valence-electron chi connectivity index (χ3n) is 5.02. The number of hydrogen-bond donors (Lipinski definition) is 1. The molecule has 0 radical (unpaired) electrons. The fraction of sp³-hybridized carbons (Fsp3) is 0.286. The Morgan fingerprint density at radius 1 is 1.07 bits per heavy atom. The summed E-state index contributed by atoms with van der Waals surface area (Å²) in [5.41, 5.74) is 0.00777. The molecule has 1 heterocycles. The highest BCUT2D eigenvalue weighted by atomic mass is 19.1. The van der Waals surface area contributed by atoms with E-state index in [1.807, 2.05) is 13.0 Å². The molecule has 4 amide bonds.